The van der Waals surface area contributed by atoms with Crippen molar-refractivity contribution >= 4 is 5.91 Å². The van der Waals surface area contributed by atoms with Crippen molar-refractivity contribution in [2.24, 2.45) is 0 Å². The molecule has 5 nitrogen and oxygen atoms in total. The molecule has 21 heavy (non-hydrogen) atoms. The van der Waals surface area contributed by atoms with Gasteiger partial charge in [-0.05, 0) is 25.7 Å². The number of nitrogens with one attached hydrogen (secondary N) is 1. The van der Waals surface area contributed by atoms with Crippen molar-refractivity contribution in [3.05, 3.63) is 28.4 Å². The quantitative estimate of drug-likeness (QED) is 0.872. The minimum atomic E-state index is -0.144. The van der Waals surface area contributed by atoms with E-state index in [1.807, 2.05) is 0 Å². The van der Waals surface area contributed by atoms with Crippen LogP contribution >= 0.6 is 0 Å². The number of nitrogens with zero attached hydrogens (tertiary/aromatic N) is 2. The van der Waals surface area contributed by atoms with E-state index in [0.29, 0.717) is 0 Å². The molecule has 5 heteroatoms. The van der Waals surface area contributed by atoms with Gasteiger partial charge in [0, 0.05) is 17.8 Å². The van der Waals surface area contributed by atoms with Crippen LogP contribution in [0.3, 0.4) is 0 Å². The molecule has 0 aromatic carbocycles. The van der Waals surface area contributed by atoms with Gasteiger partial charge in [-0.3, -0.25) is 14.2 Å². The number of hydrogen-bond donors (Lipinski definition) is 1. The summed E-state index contributed by atoms with van der Waals surface area (Å²) in [5.41, 5.74) is 0.667. The van der Waals surface area contributed by atoms with E-state index < -0.39 is 0 Å². The van der Waals surface area contributed by atoms with Gasteiger partial charge in [-0.25, -0.2) is 4.98 Å². The van der Waals surface area contributed by atoms with Crippen molar-refractivity contribution in [1.82, 2.24) is 14.9 Å². The molecule has 1 N–H and O–H groups in total. The molecule has 0 aliphatic heterocycles. The van der Waals surface area contributed by atoms with Gasteiger partial charge in [0.1, 0.15) is 6.54 Å². The van der Waals surface area contributed by atoms with Crippen LogP contribution in [0.5, 0.6) is 0 Å². The summed E-state index contributed by atoms with van der Waals surface area (Å²) in [6.07, 6.45) is 10.1. The first kappa shape index (κ1) is 15.7. The highest BCUT2D eigenvalue weighted by Crippen LogP contribution is 2.17. The Labute approximate surface area is 125 Å². The number of aromatic nitrogens is 2. The summed E-state index contributed by atoms with van der Waals surface area (Å²) < 4.78 is 1.38. The van der Waals surface area contributed by atoms with Gasteiger partial charge in [0.2, 0.25) is 5.91 Å². The smallest absolute Gasteiger partial charge is 0.253 e. The average molecular weight is 291 g/mol. The monoisotopic (exact) mass is 291 g/mol. The number of aryl methyl sites for hydroxylation is 1. The molecule has 2 rings (SSSR count). The van der Waals surface area contributed by atoms with Crippen molar-refractivity contribution < 1.29 is 4.79 Å². The third kappa shape index (κ3) is 4.99. The van der Waals surface area contributed by atoms with Gasteiger partial charge >= 0.3 is 0 Å². The molecule has 116 valence electrons. The van der Waals surface area contributed by atoms with E-state index >= 15 is 0 Å². The van der Waals surface area contributed by atoms with Crippen molar-refractivity contribution in [2.75, 3.05) is 0 Å². The molecular formula is C16H25N3O2. The van der Waals surface area contributed by atoms with Crippen LogP contribution in [0.1, 0.15) is 57.6 Å². The van der Waals surface area contributed by atoms with Crippen LogP contribution in [0.25, 0.3) is 0 Å². The lowest BCUT2D eigenvalue weighted by molar-refractivity contribution is -0.122. The largest absolute Gasteiger partial charge is 0.352 e. The standard InChI is InChI=1S/C16H25N3O2/c1-2-3-7-14-10-16(21)19(12-17-14)11-15(20)18-13-8-5-4-6-9-13/h10,12-13H,2-9,11H2,1H3,(H,18,20). The molecule has 1 aliphatic rings. The highest BCUT2D eigenvalue weighted by atomic mass is 16.2. The van der Waals surface area contributed by atoms with Crippen molar-refractivity contribution in [2.45, 2.75) is 70.9 Å². The van der Waals surface area contributed by atoms with Crippen molar-refractivity contribution in [3.8, 4) is 0 Å². The number of unbranched alkanes of at least 4 members (excludes halogenated alkanes) is 1. The van der Waals surface area contributed by atoms with Gasteiger partial charge in [0.25, 0.3) is 5.56 Å². The van der Waals surface area contributed by atoms with Gasteiger partial charge < -0.3 is 5.32 Å². The Morgan fingerprint density at radius 1 is 1.38 bits per heavy atom. The molecule has 0 atom stereocenters. The van der Waals surface area contributed by atoms with Gasteiger partial charge in [-0.15, -0.1) is 0 Å². The SMILES string of the molecule is CCCCc1cc(=O)n(CC(=O)NC2CCCCC2)cn1. The zero-order valence-electron chi connectivity index (χ0n) is 12.8. The summed E-state index contributed by atoms with van der Waals surface area (Å²) in [6.45, 7) is 2.17. The van der Waals surface area contributed by atoms with Crippen LogP contribution in [0.2, 0.25) is 0 Å². The Balaban J connectivity index is 1.89. The molecule has 0 spiro atoms. The number of carbonyl (C=O) groups is 1. The molecule has 1 saturated carbocycles. The van der Waals surface area contributed by atoms with E-state index in [9.17, 15) is 9.59 Å². The topological polar surface area (TPSA) is 64.0 Å². The first-order valence-electron chi connectivity index (χ1n) is 8.03. The van der Waals surface area contributed by atoms with Crippen LogP contribution in [0.15, 0.2) is 17.2 Å². The lowest BCUT2D eigenvalue weighted by Crippen LogP contribution is -2.39. The molecule has 1 aromatic rings. The third-order valence-electron chi connectivity index (χ3n) is 4.01. The number of amides is 1. The molecule has 0 saturated heterocycles. The van der Waals surface area contributed by atoms with Crippen LogP contribution < -0.4 is 10.9 Å². The first-order chi connectivity index (χ1) is 10.2. The predicted octanol–water partition coefficient (Wildman–Crippen LogP) is 2.03. The molecule has 1 aliphatic carbocycles. The van der Waals surface area contributed by atoms with E-state index in [1.165, 1.54) is 30.2 Å². The van der Waals surface area contributed by atoms with Crippen LogP contribution in [-0.4, -0.2) is 21.5 Å². The maximum atomic E-state index is 12.0. The Morgan fingerprint density at radius 2 is 2.14 bits per heavy atom. The molecule has 1 heterocycles. The zero-order chi connectivity index (χ0) is 15.1. The zero-order valence-corrected chi connectivity index (χ0v) is 12.8. The molecule has 0 unspecified atom stereocenters. The molecule has 1 aromatic heterocycles. The summed E-state index contributed by atoms with van der Waals surface area (Å²) in [6, 6.07) is 1.82. The molecule has 1 fully saturated rings. The van der Waals surface area contributed by atoms with E-state index in [4.69, 9.17) is 0 Å². The van der Waals surface area contributed by atoms with Crippen LogP contribution in [-0.2, 0) is 17.8 Å². The average Bonchev–Trinajstić information content (AvgIpc) is 2.48. The second-order valence-electron chi connectivity index (χ2n) is 5.85. The fourth-order valence-corrected chi connectivity index (χ4v) is 2.75. The minimum Gasteiger partial charge on any atom is -0.352 e. The fraction of sp³-hybridized carbons (Fsp3) is 0.688. The summed E-state index contributed by atoms with van der Waals surface area (Å²) in [4.78, 5) is 28.2. The maximum Gasteiger partial charge on any atom is 0.253 e. The molecule has 0 radical (unpaired) electrons. The highest BCUT2D eigenvalue weighted by Gasteiger charge is 2.16. The summed E-state index contributed by atoms with van der Waals surface area (Å²) in [5.74, 6) is -0.0906. The summed E-state index contributed by atoms with van der Waals surface area (Å²) in [5, 5.41) is 3.02. The van der Waals surface area contributed by atoms with Crippen LogP contribution in [0.4, 0.5) is 0 Å². The van der Waals surface area contributed by atoms with E-state index in [1.54, 1.807) is 6.07 Å². The van der Waals surface area contributed by atoms with Gasteiger partial charge in [-0.2, -0.15) is 0 Å². The number of rotatable bonds is 6. The summed E-state index contributed by atoms with van der Waals surface area (Å²) in [7, 11) is 0. The first-order valence-corrected chi connectivity index (χ1v) is 8.03. The molecular weight excluding hydrogens is 266 g/mol. The Morgan fingerprint density at radius 3 is 2.81 bits per heavy atom. The van der Waals surface area contributed by atoms with Gasteiger partial charge in [-0.1, -0.05) is 32.6 Å². The second-order valence-corrected chi connectivity index (χ2v) is 5.85. The van der Waals surface area contributed by atoms with E-state index in [0.717, 1.165) is 37.8 Å². The maximum absolute atomic E-state index is 12.0. The minimum absolute atomic E-state index is 0.0659. The van der Waals surface area contributed by atoms with Gasteiger partial charge in [0.15, 0.2) is 0 Å². The lowest BCUT2D eigenvalue weighted by Gasteiger charge is -2.22. The second kappa shape index (κ2) is 7.96. The normalized spacial score (nSPS) is 15.9. The third-order valence-corrected chi connectivity index (χ3v) is 4.01. The van der Waals surface area contributed by atoms with Crippen molar-refractivity contribution in [3.63, 3.8) is 0 Å². The lowest BCUT2D eigenvalue weighted by atomic mass is 9.95. The summed E-state index contributed by atoms with van der Waals surface area (Å²) >= 11 is 0. The number of hydrogen-bond acceptors (Lipinski definition) is 3. The number of carbonyl (C=O) groups excluding carboxylic acids is 1. The van der Waals surface area contributed by atoms with E-state index in [2.05, 4.69) is 17.2 Å². The fourth-order valence-electron chi connectivity index (χ4n) is 2.75. The Kier molecular flexibility index (Phi) is 5.96. The van der Waals surface area contributed by atoms with Crippen LogP contribution in [0, 0.1) is 0 Å². The predicted molar refractivity (Wildman–Crippen MR) is 82.1 cm³/mol. The molecule has 1 amide bonds. The Hall–Kier alpha value is -1.65. The van der Waals surface area contributed by atoms with Crippen molar-refractivity contribution in [1.29, 1.82) is 0 Å². The van der Waals surface area contributed by atoms with Gasteiger partial charge in [0.05, 0.1) is 6.33 Å². The molecule has 0 bridgehead atoms. The Bertz CT molecular complexity index is 518. The highest BCUT2D eigenvalue weighted by molar-refractivity contribution is 5.76. The van der Waals surface area contributed by atoms with E-state index in [-0.39, 0.29) is 24.1 Å².